The summed E-state index contributed by atoms with van der Waals surface area (Å²) >= 11 is 0. The first-order valence-electron chi connectivity index (χ1n) is 5.82. The Morgan fingerprint density at radius 3 is 2.29 bits per heavy atom. The van der Waals surface area contributed by atoms with Gasteiger partial charge in [0.25, 0.3) is 0 Å². The molecule has 0 saturated carbocycles. The fraction of sp³-hybridized carbons (Fsp3) is 0.385. The van der Waals surface area contributed by atoms with Crippen molar-refractivity contribution in [2.24, 2.45) is 0 Å². The monoisotopic (exact) mass is 232 g/mol. The summed E-state index contributed by atoms with van der Waals surface area (Å²) in [5.74, 6) is -0.00787. The van der Waals surface area contributed by atoms with Crippen LogP contribution in [0.3, 0.4) is 0 Å². The molecule has 0 radical (unpaired) electrons. The fourth-order valence-corrected chi connectivity index (χ4v) is 2.09. The number of aromatic nitrogens is 2. The minimum absolute atomic E-state index is 0.00787. The van der Waals surface area contributed by atoms with Gasteiger partial charge in [-0.1, -0.05) is 19.1 Å². The van der Waals surface area contributed by atoms with E-state index in [1.165, 1.54) is 6.92 Å². The predicted octanol–water partition coefficient (Wildman–Crippen LogP) is 1.80. The molecule has 0 bridgehead atoms. The first kappa shape index (κ1) is 11.6. The quantitative estimate of drug-likeness (QED) is 0.806. The standard InChI is InChI=1S/C13H16N2O2/c1-3-8-14-11-6-4-5-7-12(11)15(13(14)17)9-10(2)16/h4-7H,3,8-9H2,1-2H3. The molecule has 2 rings (SSSR count). The van der Waals surface area contributed by atoms with Crippen molar-refractivity contribution in [3.63, 3.8) is 0 Å². The Bertz CT molecular complexity index is 607. The molecule has 0 atom stereocenters. The molecular weight excluding hydrogens is 216 g/mol. The van der Waals surface area contributed by atoms with Crippen LogP contribution in [0, 0.1) is 0 Å². The van der Waals surface area contributed by atoms with Gasteiger partial charge in [-0.25, -0.2) is 4.79 Å². The number of Topliss-reactive ketones (excluding diaryl/α,β-unsaturated/α-hetero) is 1. The van der Waals surface area contributed by atoms with E-state index in [9.17, 15) is 9.59 Å². The van der Waals surface area contributed by atoms with Crippen LogP contribution >= 0.6 is 0 Å². The smallest absolute Gasteiger partial charge is 0.298 e. The lowest BCUT2D eigenvalue weighted by Crippen LogP contribution is -2.26. The Morgan fingerprint density at radius 2 is 1.76 bits per heavy atom. The van der Waals surface area contributed by atoms with Crippen LogP contribution in [0.4, 0.5) is 0 Å². The van der Waals surface area contributed by atoms with Gasteiger partial charge in [0.2, 0.25) is 0 Å². The SMILES string of the molecule is CCCn1c(=O)n(CC(C)=O)c2ccccc21. The van der Waals surface area contributed by atoms with Crippen LogP contribution in [-0.4, -0.2) is 14.9 Å². The maximum atomic E-state index is 12.2. The predicted molar refractivity (Wildman–Crippen MR) is 67.2 cm³/mol. The number of fused-ring (bicyclic) bond motifs is 1. The van der Waals surface area contributed by atoms with Gasteiger partial charge in [-0.3, -0.25) is 13.9 Å². The number of benzene rings is 1. The molecule has 17 heavy (non-hydrogen) atoms. The normalized spacial score (nSPS) is 10.9. The summed E-state index contributed by atoms with van der Waals surface area (Å²) in [5.41, 5.74) is 1.64. The van der Waals surface area contributed by atoms with Crippen LogP contribution in [0.15, 0.2) is 29.1 Å². The fourth-order valence-electron chi connectivity index (χ4n) is 2.09. The van der Waals surface area contributed by atoms with Gasteiger partial charge >= 0.3 is 5.69 Å². The summed E-state index contributed by atoms with van der Waals surface area (Å²) in [7, 11) is 0. The molecule has 1 aromatic heterocycles. The molecule has 1 heterocycles. The number of carbonyl (C=O) groups excluding carboxylic acids is 1. The van der Waals surface area contributed by atoms with Crippen LogP contribution in [0.2, 0.25) is 0 Å². The van der Waals surface area contributed by atoms with Gasteiger partial charge in [0, 0.05) is 6.54 Å². The summed E-state index contributed by atoms with van der Waals surface area (Å²) < 4.78 is 3.28. The second-order valence-electron chi connectivity index (χ2n) is 4.21. The van der Waals surface area contributed by atoms with Crippen LogP contribution in [-0.2, 0) is 17.9 Å². The molecule has 0 fully saturated rings. The summed E-state index contributed by atoms with van der Waals surface area (Å²) in [5, 5.41) is 0. The minimum atomic E-state index is -0.0942. The molecule has 0 amide bonds. The van der Waals surface area contributed by atoms with Crippen LogP contribution in [0.1, 0.15) is 20.3 Å². The molecule has 0 N–H and O–H groups in total. The van der Waals surface area contributed by atoms with Gasteiger partial charge in [-0.15, -0.1) is 0 Å². The van der Waals surface area contributed by atoms with Gasteiger partial charge in [-0.2, -0.15) is 0 Å². The van der Waals surface area contributed by atoms with E-state index in [0.717, 1.165) is 17.5 Å². The van der Waals surface area contributed by atoms with Crippen LogP contribution in [0.5, 0.6) is 0 Å². The highest BCUT2D eigenvalue weighted by Crippen LogP contribution is 2.12. The van der Waals surface area contributed by atoms with Crippen molar-refractivity contribution in [1.29, 1.82) is 0 Å². The molecule has 0 aliphatic heterocycles. The number of para-hydroxylation sites is 2. The van der Waals surface area contributed by atoms with Crippen molar-refractivity contribution in [2.75, 3.05) is 0 Å². The van der Waals surface area contributed by atoms with Crippen molar-refractivity contribution in [3.05, 3.63) is 34.7 Å². The summed E-state index contributed by atoms with van der Waals surface area (Å²) in [6.45, 7) is 4.36. The molecule has 4 nitrogen and oxygen atoms in total. The molecule has 0 spiro atoms. The minimum Gasteiger partial charge on any atom is -0.298 e. The van der Waals surface area contributed by atoms with E-state index in [1.54, 1.807) is 9.13 Å². The van der Waals surface area contributed by atoms with Crippen LogP contribution in [0.25, 0.3) is 11.0 Å². The van der Waals surface area contributed by atoms with Gasteiger partial charge in [0.1, 0.15) is 5.78 Å². The van der Waals surface area contributed by atoms with Gasteiger partial charge in [0.15, 0.2) is 0 Å². The number of rotatable bonds is 4. The molecule has 0 saturated heterocycles. The average molecular weight is 232 g/mol. The second-order valence-corrected chi connectivity index (χ2v) is 4.21. The third-order valence-corrected chi connectivity index (χ3v) is 2.75. The van der Waals surface area contributed by atoms with E-state index >= 15 is 0 Å². The highest BCUT2D eigenvalue weighted by Gasteiger charge is 2.12. The summed E-state index contributed by atoms with van der Waals surface area (Å²) in [4.78, 5) is 23.4. The number of carbonyl (C=O) groups is 1. The van der Waals surface area contributed by atoms with E-state index < -0.39 is 0 Å². The first-order chi connectivity index (χ1) is 8.15. The van der Waals surface area contributed by atoms with E-state index in [0.29, 0.717) is 6.54 Å². The summed E-state index contributed by atoms with van der Waals surface area (Å²) in [6.07, 6.45) is 0.897. The Hall–Kier alpha value is -1.84. The third kappa shape index (κ3) is 2.02. The van der Waals surface area contributed by atoms with E-state index in [-0.39, 0.29) is 18.0 Å². The topological polar surface area (TPSA) is 44.0 Å². The van der Waals surface area contributed by atoms with Crippen molar-refractivity contribution >= 4 is 16.8 Å². The molecule has 0 aliphatic rings. The number of ketones is 1. The highest BCUT2D eigenvalue weighted by atomic mass is 16.2. The number of hydrogen-bond donors (Lipinski definition) is 0. The number of aryl methyl sites for hydroxylation is 1. The number of nitrogens with zero attached hydrogens (tertiary/aromatic N) is 2. The van der Waals surface area contributed by atoms with Crippen LogP contribution < -0.4 is 5.69 Å². The molecular formula is C13H16N2O2. The van der Waals surface area contributed by atoms with Crippen molar-refractivity contribution in [3.8, 4) is 0 Å². The lowest BCUT2D eigenvalue weighted by Gasteiger charge is -1.98. The largest absolute Gasteiger partial charge is 0.329 e. The third-order valence-electron chi connectivity index (χ3n) is 2.75. The number of imidazole rings is 1. The van der Waals surface area contributed by atoms with Crippen molar-refractivity contribution < 1.29 is 4.79 Å². The highest BCUT2D eigenvalue weighted by molar-refractivity contribution is 5.80. The zero-order valence-electron chi connectivity index (χ0n) is 10.1. The van der Waals surface area contributed by atoms with E-state index in [4.69, 9.17) is 0 Å². The number of hydrogen-bond acceptors (Lipinski definition) is 2. The van der Waals surface area contributed by atoms with Gasteiger partial charge < -0.3 is 0 Å². The summed E-state index contributed by atoms with van der Waals surface area (Å²) in [6, 6.07) is 7.59. The average Bonchev–Trinajstić information content (AvgIpc) is 2.55. The maximum absolute atomic E-state index is 12.2. The van der Waals surface area contributed by atoms with E-state index in [2.05, 4.69) is 0 Å². The molecule has 90 valence electrons. The van der Waals surface area contributed by atoms with E-state index in [1.807, 2.05) is 31.2 Å². The van der Waals surface area contributed by atoms with Crippen molar-refractivity contribution in [2.45, 2.75) is 33.4 Å². The molecule has 1 aromatic carbocycles. The Balaban J connectivity index is 2.70. The van der Waals surface area contributed by atoms with Crippen molar-refractivity contribution in [1.82, 2.24) is 9.13 Å². The van der Waals surface area contributed by atoms with Gasteiger partial charge in [-0.05, 0) is 25.5 Å². The Morgan fingerprint density at radius 1 is 1.18 bits per heavy atom. The zero-order valence-corrected chi connectivity index (χ0v) is 10.1. The molecule has 0 aliphatic carbocycles. The lowest BCUT2D eigenvalue weighted by atomic mass is 10.3. The molecule has 4 heteroatoms. The molecule has 0 unspecified atom stereocenters. The molecule has 2 aromatic rings. The maximum Gasteiger partial charge on any atom is 0.329 e. The lowest BCUT2D eigenvalue weighted by molar-refractivity contribution is -0.117. The second kappa shape index (κ2) is 4.57. The van der Waals surface area contributed by atoms with Gasteiger partial charge in [0.05, 0.1) is 17.6 Å². The first-order valence-corrected chi connectivity index (χ1v) is 5.82. The zero-order chi connectivity index (χ0) is 12.4. The Labute approximate surface area is 99.5 Å². The Kier molecular flexibility index (Phi) is 3.13.